The molecule has 3 N–H and O–H groups in total. The summed E-state index contributed by atoms with van der Waals surface area (Å²) >= 11 is 6.22. The summed E-state index contributed by atoms with van der Waals surface area (Å²) in [5.74, 6) is -0.689. The van der Waals surface area contributed by atoms with Gasteiger partial charge in [0.25, 0.3) is 0 Å². The van der Waals surface area contributed by atoms with Gasteiger partial charge in [0.2, 0.25) is 5.78 Å². The molecule has 3 heterocycles. The Bertz CT molecular complexity index is 1180. The molecule has 0 amide bonds. The Morgan fingerprint density at radius 3 is 2.81 bits per heavy atom. The number of nitrogen functional groups attached to an aromatic ring is 1. The zero-order valence-electron chi connectivity index (χ0n) is 13.7. The molecule has 0 bridgehead atoms. The first kappa shape index (κ1) is 17.0. The lowest BCUT2D eigenvalue weighted by Gasteiger charge is -2.08. The van der Waals surface area contributed by atoms with Crippen LogP contribution in [0.25, 0.3) is 11.0 Å². The van der Waals surface area contributed by atoms with Crippen molar-refractivity contribution in [1.29, 1.82) is 0 Å². The number of fused-ring (bicyclic) bond motifs is 1. The number of ether oxygens (including phenoxy) is 1. The normalized spacial score (nSPS) is 10.9. The Kier molecular flexibility index (Phi) is 4.21. The number of pyridine rings is 2. The number of H-pyrrole nitrogens is 1. The topological polar surface area (TPSA) is 93.9 Å². The zero-order chi connectivity index (χ0) is 19.0. The standard InChI is InChI=1S/C19H12ClFN4O2/c20-12-7-10(27-15-4-2-1-3-13(15)21)8-24-17(12)18(26)11-9-25-19-16(11)14(22)5-6-23-19/h1-9H,(H3,22,23,25). The van der Waals surface area contributed by atoms with Gasteiger partial charge < -0.3 is 15.5 Å². The molecule has 0 fully saturated rings. The molecule has 0 saturated carbocycles. The molecule has 1 aromatic carbocycles. The van der Waals surface area contributed by atoms with Gasteiger partial charge in [-0.1, -0.05) is 23.7 Å². The fourth-order valence-electron chi connectivity index (χ4n) is 2.69. The van der Waals surface area contributed by atoms with Crippen LogP contribution in [-0.2, 0) is 0 Å². The molecule has 0 aliphatic heterocycles. The molecule has 0 aliphatic carbocycles. The van der Waals surface area contributed by atoms with Crippen LogP contribution in [0.4, 0.5) is 10.1 Å². The number of ketones is 1. The molecule has 6 nitrogen and oxygen atoms in total. The number of aromatic amines is 1. The third-order valence-electron chi connectivity index (χ3n) is 3.95. The summed E-state index contributed by atoms with van der Waals surface area (Å²) in [4.78, 5) is 24.0. The van der Waals surface area contributed by atoms with Crippen LogP contribution in [0.3, 0.4) is 0 Å². The van der Waals surface area contributed by atoms with Crippen LogP contribution in [0.2, 0.25) is 5.02 Å². The molecule has 0 unspecified atom stereocenters. The van der Waals surface area contributed by atoms with Crippen LogP contribution in [0.5, 0.6) is 11.5 Å². The number of rotatable bonds is 4. The van der Waals surface area contributed by atoms with E-state index < -0.39 is 11.6 Å². The van der Waals surface area contributed by atoms with Gasteiger partial charge in [-0.15, -0.1) is 0 Å². The molecule has 0 radical (unpaired) electrons. The predicted molar refractivity (Wildman–Crippen MR) is 99.7 cm³/mol. The minimum atomic E-state index is -0.518. The highest BCUT2D eigenvalue weighted by Crippen LogP contribution is 2.30. The van der Waals surface area contributed by atoms with E-state index in [4.69, 9.17) is 22.1 Å². The summed E-state index contributed by atoms with van der Waals surface area (Å²) in [7, 11) is 0. The number of nitrogens with two attached hydrogens (primary N) is 1. The maximum atomic E-state index is 13.7. The third kappa shape index (κ3) is 3.09. The highest BCUT2D eigenvalue weighted by molar-refractivity contribution is 6.35. The summed E-state index contributed by atoms with van der Waals surface area (Å²) in [6.45, 7) is 0. The largest absolute Gasteiger partial charge is 0.453 e. The second-order valence-electron chi connectivity index (χ2n) is 5.69. The summed E-state index contributed by atoms with van der Waals surface area (Å²) in [5, 5.41) is 0.581. The van der Waals surface area contributed by atoms with Gasteiger partial charge in [-0.3, -0.25) is 4.79 Å². The molecule has 0 saturated heterocycles. The van der Waals surface area contributed by atoms with E-state index >= 15 is 0 Å². The molecular formula is C19H12ClFN4O2. The minimum Gasteiger partial charge on any atom is -0.453 e. The van der Waals surface area contributed by atoms with Crippen LogP contribution >= 0.6 is 11.6 Å². The highest BCUT2D eigenvalue weighted by Gasteiger charge is 2.21. The van der Waals surface area contributed by atoms with Crippen molar-refractivity contribution in [3.8, 4) is 11.5 Å². The van der Waals surface area contributed by atoms with Crippen molar-refractivity contribution in [1.82, 2.24) is 15.0 Å². The average molecular weight is 383 g/mol. The first-order chi connectivity index (χ1) is 13.0. The van der Waals surface area contributed by atoms with Gasteiger partial charge in [-0.2, -0.15) is 0 Å². The smallest absolute Gasteiger partial charge is 0.215 e. The van der Waals surface area contributed by atoms with Gasteiger partial charge in [0.05, 0.1) is 22.2 Å². The number of para-hydroxylation sites is 1. The Labute approximate surface area is 157 Å². The van der Waals surface area contributed by atoms with Crippen LogP contribution in [0.1, 0.15) is 16.1 Å². The van der Waals surface area contributed by atoms with Crippen molar-refractivity contribution in [2.45, 2.75) is 0 Å². The van der Waals surface area contributed by atoms with E-state index in [-0.39, 0.29) is 22.2 Å². The fraction of sp³-hybridized carbons (Fsp3) is 0. The monoisotopic (exact) mass is 382 g/mol. The predicted octanol–water partition coefficient (Wildman–Crippen LogP) is 4.36. The summed E-state index contributed by atoms with van der Waals surface area (Å²) in [5.41, 5.74) is 7.21. The van der Waals surface area contributed by atoms with Crippen molar-refractivity contribution in [3.63, 3.8) is 0 Å². The van der Waals surface area contributed by atoms with E-state index in [1.807, 2.05) is 0 Å². The highest BCUT2D eigenvalue weighted by atomic mass is 35.5. The molecule has 8 heteroatoms. The number of aromatic nitrogens is 3. The first-order valence-electron chi connectivity index (χ1n) is 7.89. The third-order valence-corrected chi connectivity index (χ3v) is 4.23. The van der Waals surface area contributed by atoms with Gasteiger partial charge in [0, 0.05) is 24.1 Å². The number of hydrogen-bond donors (Lipinski definition) is 2. The fourth-order valence-corrected chi connectivity index (χ4v) is 2.93. The quantitative estimate of drug-likeness (QED) is 0.511. The number of carbonyl (C=O) groups is 1. The Morgan fingerprint density at radius 1 is 1.22 bits per heavy atom. The minimum absolute atomic E-state index is 0.0294. The number of nitrogens with one attached hydrogen (secondary N) is 1. The summed E-state index contributed by atoms with van der Waals surface area (Å²) < 4.78 is 19.1. The maximum Gasteiger partial charge on any atom is 0.215 e. The van der Waals surface area contributed by atoms with Gasteiger partial charge in [-0.05, 0) is 18.2 Å². The SMILES string of the molecule is Nc1ccnc2[nH]cc(C(=O)c3ncc(Oc4ccccc4F)cc3Cl)c12. The van der Waals surface area contributed by atoms with Crippen LogP contribution in [0, 0.1) is 5.82 Å². The van der Waals surface area contributed by atoms with Gasteiger partial charge in [0.1, 0.15) is 17.1 Å². The number of benzene rings is 1. The molecule has 0 atom stereocenters. The molecule has 134 valence electrons. The van der Waals surface area contributed by atoms with E-state index in [0.717, 1.165) is 0 Å². The Balaban J connectivity index is 1.68. The van der Waals surface area contributed by atoms with E-state index in [0.29, 0.717) is 22.3 Å². The molecule has 0 spiro atoms. The molecule has 4 rings (SSSR count). The number of hydrogen-bond acceptors (Lipinski definition) is 5. The number of anilines is 1. The van der Waals surface area contributed by atoms with Crippen molar-refractivity contribution in [3.05, 3.63) is 77.1 Å². The van der Waals surface area contributed by atoms with Gasteiger partial charge in [0.15, 0.2) is 11.6 Å². The van der Waals surface area contributed by atoms with E-state index in [2.05, 4.69) is 15.0 Å². The van der Waals surface area contributed by atoms with E-state index in [9.17, 15) is 9.18 Å². The van der Waals surface area contributed by atoms with Gasteiger partial charge >= 0.3 is 0 Å². The molecule has 0 aliphatic rings. The lowest BCUT2D eigenvalue weighted by atomic mass is 10.1. The first-order valence-corrected chi connectivity index (χ1v) is 8.26. The average Bonchev–Trinajstić information content (AvgIpc) is 3.09. The maximum absolute atomic E-state index is 13.7. The second-order valence-corrected chi connectivity index (χ2v) is 6.10. The molecular weight excluding hydrogens is 371 g/mol. The van der Waals surface area contributed by atoms with E-state index in [1.54, 1.807) is 24.4 Å². The lowest BCUT2D eigenvalue weighted by molar-refractivity contribution is 0.103. The van der Waals surface area contributed by atoms with E-state index in [1.165, 1.54) is 30.6 Å². The number of carbonyl (C=O) groups excluding carboxylic acids is 1. The van der Waals surface area contributed by atoms with Gasteiger partial charge in [-0.25, -0.2) is 14.4 Å². The lowest BCUT2D eigenvalue weighted by Crippen LogP contribution is -2.05. The zero-order valence-corrected chi connectivity index (χ0v) is 14.5. The van der Waals surface area contributed by atoms with Crippen LogP contribution in [-0.4, -0.2) is 20.7 Å². The molecule has 4 aromatic rings. The molecule has 27 heavy (non-hydrogen) atoms. The van der Waals surface area contributed by atoms with Crippen molar-refractivity contribution < 1.29 is 13.9 Å². The van der Waals surface area contributed by atoms with Crippen molar-refractivity contribution in [2.24, 2.45) is 0 Å². The van der Waals surface area contributed by atoms with Crippen molar-refractivity contribution >= 4 is 34.1 Å². The second kappa shape index (κ2) is 6.69. The van der Waals surface area contributed by atoms with Crippen molar-refractivity contribution in [2.75, 3.05) is 5.73 Å². The summed E-state index contributed by atoms with van der Waals surface area (Å²) in [6, 6.07) is 8.96. The molecule has 3 aromatic heterocycles. The summed E-state index contributed by atoms with van der Waals surface area (Å²) in [6.07, 6.45) is 4.36. The Morgan fingerprint density at radius 2 is 2.04 bits per heavy atom. The number of nitrogens with zero attached hydrogens (tertiary/aromatic N) is 2. The number of halogens is 2. The Hall–Kier alpha value is -3.45. The van der Waals surface area contributed by atoms with Crippen LogP contribution < -0.4 is 10.5 Å². The van der Waals surface area contributed by atoms with Crippen LogP contribution in [0.15, 0.2) is 55.0 Å².